The minimum absolute atomic E-state index is 1.08. The molecule has 0 N–H and O–H groups in total. The second-order valence-corrected chi connectivity index (χ2v) is 3.48. The summed E-state index contributed by atoms with van der Waals surface area (Å²) >= 11 is 0. The predicted molar refractivity (Wildman–Crippen MR) is 46.0 cm³/mol. The Morgan fingerprint density at radius 1 is 1.40 bits per heavy atom. The van der Waals surface area contributed by atoms with Gasteiger partial charge in [-0.1, -0.05) is 38.3 Å². The zero-order valence-electron chi connectivity index (χ0n) is 7.03. The van der Waals surface area contributed by atoms with Gasteiger partial charge < -0.3 is 0 Å². The zero-order valence-corrected chi connectivity index (χ0v) is 7.03. The van der Waals surface area contributed by atoms with Crippen molar-refractivity contribution >= 4 is 0 Å². The lowest BCUT2D eigenvalue weighted by Crippen LogP contribution is -1.82. The maximum absolute atomic E-state index is 4.04. The number of hydrogen-bond acceptors (Lipinski definition) is 0. The van der Waals surface area contributed by atoms with Gasteiger partial charge in [-0.15, -0.1) is 0 Å². The van der Waals surface area contributed by atoms with Gasteiger partial charge in [0.1, 0.15) is 0 Å². The Balaban J connectivity index is 1.94. The van der Waals surface area contributed by atoms with Crippen LogP contribution < -0.4 is 0 Å². The highest BCUT2D eigenvalue weighted by molar-refractivity contribution is 4.94. The molecule has 0 heterocycles. The van der Waals surface area contributed by atoms with Gasteiger partial charge in [0, 0.05) is 0 Å². The largest absolute Gasteiger partial charge is 0.0999 e. The maximum Gasteiger partial charge on any atom is -0.0320 e. The van der Waals surface area contributed by atoms with E-state index in [0.29, 0.717) is 0 Å². The Labute approximate surface area is 64.3 Å². The molecular formula is C10H18. The highest BCUT2D eigenvalue weighted by Gasteiger charge is 2.20. The Kier molecular flexibility index (Phi) is 2.98. The summed E-state index contributed by atoms with van der Waals surface area (Å²) in [5.41, 5.74) is 1.47. The standard InChI is InChI=1S/C10H18/c1-3-4-9(2)5-6-10-7-8-10/h10H,2-8H2,1H3. The first-order valence-corrected chi connectivity index (χ1v) is 4.49. The molecule has 1 rings (SSSR count). The number of allylic oxidation sites excluding steroid dienone is 1. The fourth-order valence-corrected chi connectivity index (χ4v) is 1.29. The molecule has 58 valence electrons. The molecule has 0 bridgehead atoms. The quantitative estimate of drug-likeness (QED) is 0.510. The fraction of sp³-hybridized carbons (Fsp3) is 0.800. The van der Waals surface area contributed by atoms with Crippen molar-refractivity contribution in [2.45, 2.75) is 45.4 Å². The van der Waals surface area contributed by atoms with Crippen LogP contribution in [0, 0.1) is 5.92 Å². The molecule has 0 atom stereocenters. The van der Waals surface area contributed by atoms with Crippen LogP contribution in [-0.4, -0.2) is 0 Å². The molecule has 0 saturated heterocycles. The van der Waals surface area contributed by atoms with Crippen LogP contribution >= 0.6 is 0 Å². The Bertz CT molecular complexity index is 109. The lowest BCUT2D eigenvalue weighted by molar-refractivity contribution is 0.696. The zero-order chi connectivity index (χ0) is 7.40. The van der Waals surface area contributed by atoms with Crippen LogP contribution in [0.4, 0.5) is 0 Å². The van der Waals surface area contributed by atoms with E-state index in [1.165, 1.54) is 44.1 Å². The molecule has 0 unspecified atom stereocenters. The summed E-state index contributed by atoms with van der Waals surface area (Å²) in [6.07, 6.45) is 8.19. The first kappa shape index (κ1) is 7.84. The molecule has 1 saturated carbocycles. The molecule has 0 amide bonds. The van der Waals surface area contributed by atoms with Crippen LogP contribution in [-0.2, 0) is 0 Å². The average Bonchev–Trinajstić information content (AvgIpc) is 2.67. The van der Waals surface area contributed by atoms with Gasteiger partial charge in [0.2, 0.25) is 0 Å². The second kappa shape index (κ2) is 3.80. The van der Waals surface area contributed by atoms with E-state index in [2.05, 4.69) is 13.5 Å². The Morgan fingerprint density at radius 2 is 2.10 bits per heavy atom. The minimum Gasteiger partial charge on any atom is -0.0999 e. The predicted octanol–water partition coefficient (Wildman–Crippen LogP) is 3.53. The van der Waals surface area contributed by atoms with Gasteiger partial charge >= 0.3 is 0 Å². The fourth-order valence-electron chi connectivity index (χ4n) is 1.29. The van der Waals surface area contributed by atoms with Crippen molar-refractivity contribution in [3.05, 3.63) is 12.2 Å². The molecule has 1 fully saturated rings. The van der Waals surface area contributed by atoms with Crippen molar-refractivity contribution in [1.29, 1.82) is 0 Å². The van der Waals surface area contributed by atoms with Gasteiger partial charge in [-0.25, -0.2) is 0 Å². The van der Waals surface area contributed by atoms with E-state index in [0.717, 1.165) is 5.92 Å². The van der Waals surface area contributed by atoms with Crippen molar-refractivity contribution in [2.24, 2.45) is 5.92 Å². The van der Waals surface area contributed by atoms with Crippen LogP contribution in [0.2, 0.25) is 0 Å². The number of hydrogen-bond donors (Lipinski definition) is 0. The molecule has 0 aromatic carbocycles. The Hall–Kier alpha value is -0.260. The van der Waals surface area contributed by atoms with E-state index in [-0.39, 0.29) is 0 Å². The van der Waals surface area contributed by atoms with E-state index in [1.807, 2.05) is 0 Å². The molecule has 1 aliphatic rings. The summed E-state index contributed by atoms with van der Waals surface area (Å²) in [7, 11) is 0. The monoisotopic (exact) mass is 138 g/mol. The Morgan fingerprint density at radius 3 is 2.60 bits per heavy atom. The maximum atomic E-state index is 4.04. The third-order valence-corrected chi connectivity index (χ3v) is 2.21. The molecule has 0 aromatic rings. The number of rotatable bonds is 5. The highest BCUT2D eigenvalue weighted by Crippen LogP contribution is 2.34. The summed E-state index contributed by atoms with van der Waals surface area (Å²) in [5, 5.41) is 0. The minimum atomic E-state index is 1.08. The molecule has 0 spiro atoms. The van der Waals surface area contributed by atoms with Crippen LogP contribution in [0.15, 0.2) is 12.2 Å². The summed E-state index contributed by atoms with van der Waals surface area (Å²) in [5.74, 6) is 1.08. The van der Waals surface area contributed by atoms with Gasteiger partial charge in [0.05, 0.1) is 0 Å². The van der Waals surface area contributed by atoms with Crippen molar-refractivity contribution in [3.63, 3.8) is 0 Å². The molecule has 0 nitrogen and oxygen atoms in total. The van der Waals surface area contributed by atoms with Gasteiger partial charge in [0.15, 0.2) is 0 Å². The van der Waals surface area contributed by atoms with Crippen LogP contribution in [0.5, 0.6) is 0 Å². The SMILES string of the molecule is C=C(CCC)CCC1CC1. The lowest BCUT2D eigenvalue weighted by Gasteiger charge is -2.01. The third kappa shape index (κ3) is 3.05. The molecule has 0 aliphatic heterocycles. The highest BCUT2D eigenvalue weighted by atomic mass is 14.3. The normalized spacial score (nSPS) is 17.3. The summed E-state index contributed by atoms with van der Waals surface area (Å²) in [6, 6.07) is 0. The van der Waals surface area contributed by atoms with E-state index in [1.54, 1.807) is 0 Å². The van der Waals surface area contributed by atoms with Crippen molar-refractivity contribution in [2.75, 3.05) is 0 Å². The van der Waals surface area contributed by atoms with E-state index in [9.17, 15) is 0 Å². The molecule has 0 heteroatoms. The van der Waals surface area contributed by atoms with Crippen LogP contribution in [0.1, 0.15) is 45.4 Å². The smallest absolute Gasteiger partial charge is 0.0320 e. The topological polar surface area (TPSA) is 0 Å². The van der Waals surface area contributed by atoms with Crippen LogP contribution in [0.3, 0.4) is 0 Å². The van der Waals surface area contributed by atoms with Gasteiger partial charge in [0.25, 0.3) is 0 Å². The van der Waals surface area contributed by atoms with E-state index < -0.39 is 0 Å². The van der Waals surface area contributed by atoms with Crippen molar-refractivity contribution in [1.82, 2.24) is 0 Å². The van der Waals surface area contributed by atoms with E-state index >= 15 is 0 Å². The molecule has 10 heavy (non-hydrogen) atoms. The average molecular weight is 138 g/mol. The molecule has 0 radical (unpaired) electrons. The summed E-state index contributed by atoms with van der Waals surface area (Å²) in [6.45, 7) is 6.27. The van der Waals surface area contributed by atoms with Gasteiger partial charge in [-0.2, -0.15) is 0 Å². The molecule has 1 aliphatic carbocycles. The second-order valence-electron chi connectivity index (χ2n) is 3.48. The lowest BCUT2D eigenvalue weighted by atomic mass is 10.1. The summed E-state index contributed by atoms with van der Waals surface area (Å²) in [4.78, 5) is 0. The van der Waals surface area contributed by atoms with E-state index in [4.69, 9.17) is 0 Å². The first-order valence-electron chi connectivity index (χ1n) is 4.49. The van der Waals surface area contributed by atoms with Crippen molar-refractivity contribution < 1.29 is 0 Å². The van der Waals surface area contributed by atoms with Crippen LogP contribution in [0.25, 0.3) is 0 Å². The third-order valence-electron chi connectivity index (χ3n) is 2.21. The molecular weight excluding hydrogens is 120 g/mol. The molecule has 0 aromatic heterocycles. The van der Waals surface area contributed by atoms with Crippen molar-refractivity contribution in [3.8, 4) is 0 Å². The van der Waals surface area contributed by atoms with Gasteiger partial charge in [-0.05, 0) is 25.2 Å². The first-order chi connectivity index (χ1) is 4.83. The summed E-state index contributed by atoms with van der Waals surface area (Å²) < 4.78 is 0. The van der Waals surface area contributed by atoms with Gasteiger partial charge in [-0.3, -0.25) is 0 Å².